The lowest BCUT2D eigenvalue weighted by atomic mass is 9.94. The fraction of sp³-hybridized carbons (Fsp3) is 0.571. The lowest BCUT2D eigenvalue weighted by Crippen LogP contribution is -2.39. The van der Waals surface area contributed by atoms with Gasteiger partial charge in [0.1, 0.15) is 0 Å². The Kier molecular flexibility index (Phi) is 3.86. The van der Waals surface area contributed by atoms with E-state index in [9.17, 15) is 13.2 Å². The van der Waals surface area contributed by atoms with E-state index in [0.717, 1.165) is 32.5 Å². The zero-order valence-electron chi connectivity index (χ0n) is 11.0. The van der Waals surface area contributed by atoms with Crippen molar-refractivity contribution in [3.05, 3.63) is 24.3 Å². The molecule has 0 radical (unpaired) electrons. The fourth-order valence-electron chi connectivity index (χ4n) is 3.14. The molecule has 1 aromatic rings. The average molecular weight is 302 g/mol. The maximum Gasteiger partial charge on any atom is 0.446 e. The molecule has 0 spiro atoms. The molecule has 6 heteroatoms. The maximum absolute atomic E-state index is 12.6. The van der Waals surface area contributed by atoms with Crippen LogP contribution in [0.4, 0.5) is 18.9 Å². The molecule has 0 amide bonds. The van der Waals surface area contributed by atoms with Gasteiger partial charge in [0.05, 0.1) is 0 Å². The van der Waals surface area contributed by atoms with Gasteiger partial charge < -0.3 is 10.2 Å². The highest BCUT2D eigenvalue weighted by Crippen LogP contribution is 2.41. The van der Waals surface area contributed by atoms with Crippen molar-refractivity contribution in [1.82, 2.24) is 4.90 Å². The summed E-state index contributed by atoms with van der Waals surface area (Å²) in [6.07, 6.45) is 2.15. The first-order valence-corrected chi connectivity index (χ1v) is 7.66. The summed E-state index contributed by atoms with van der Waals surface area (Å²) >= 11 is -0.0377. The Bertz CT molecular complexity index is 478. The zero-order chi connectivity index (χ0) is 14.2. The second kappa shape index (κ2) is 5.48. The van der Waals surface area contributed by atoms with Crippen LogP contribution < -0.4 is 5.32 Å². The van der Waals surface area contributed by atoms with E-state index in [1.165, 1.54) is 6.07 Å². The SMILES string of the molecule is FC(F)(F)Sc1ccccc1NC1CCN2CCC1C2. The number of piperidine rings is 1. The third kappa shape index (κ3) is 3.23. The number of rotatable bonds is 3. The van der Waals surface area contributed by atoms with Crippen LogP contribution in [0.25, 0.3) is 0 Å². The topological polar surface area (TPSA) is 15.3 Å². The van der Waals surface area contributed by atoms with E-state index in [-0.39, 0.29) is 16.7 Å². The van der Waals surface area contributed by atoms with Crippen molar-refractivity contribution in [1.29, 1.82) is 0 Å². The lowest BCUT2D eigenvalue weighted by Gasteiger charge is -2.32. The van der Waals surface area contributed by atoms with Crippen molar-refractivity contribution in [2.75, 3.05) is 25.0 Å². The monoisotopic (exact) mass is 302 g/mol. The molecule has 2 fully saturated rings. The van der Waals surface area contributed by atoms with Gasteiger partial charge in [-0.3, -0.25) is 0 Å². The first-order valence-electron chi connectivity index (χ1n) is 6.85. The smallest absolute Gasteiger partial charge is 0.381 e. The Labute approximate surface area is 120 Å². The summed E-state index contributed by atoms with van der Waals surface area (Å²) < 4.78 is 37.7. The van der Waals surface area contributed by atoms with E-state index < -0.39 is 5.51 Å². The highest BCUT2D eigenvalue weighted by molar-refractivity contribution is 8.00. The van der Waals surface area contributed by atoms with Crippen LogP contribution in [0.2, 0.25) is 0 Å². The third-order valence-electron chi connectivity index (χ3n) is 4.09. The van der Waals surface area contributed by atoms with E-state index in [1.54, 1.807) is 18.2 Å². The van der Waals surface area contributed by atoms with Gasteiger partial charge in [0, 0.05) is 29.7 Å². The number of fused-ring (bicyclic) bond motifs is 2. The van der Waals surface area contributed by atoms with Crippen molar-refractivity contribution < 1.29 is 13.2 Å². The van der Waals surface area contributed by atoms with Gasteiger partial charge in [-0.1, -0.05) is 12.1 Å². The summed E-state index contributed by atoms with van der Waals surface area (Å²) in [6, 6.07) is 7.01. The van der Waals surface area contributed by atoms with Crippen molar-refractivity contribution >= 4 is 17.4 Å². The summed E-state index contributed by atoms with van der Waals surface area (Å²) in [6.45, 7) is 3.25. The Morgan fingerprint density at radius 3 is 2.70 bits per heavy atom. The Morgan fingerprint density at radius 1 is 1.15 bits per heavy atom. The van der Waals surface area contributed by atoms with Crippen LogP contribution in [0.15, 0.2) is 29.2 Å². The molecule has 2 bridgehead atoms. The molecule has 20 heavy (non-hydrogen) atoms. The number of nitrogens with zero attached hydrogens (tertiary/aromatic N) is 1. The number of benzene rings is 1. The molecular weight excluding hydrogens is 285 g/mol. The second-order valence-electron chi connectivity index (χ2n) is 5.43. The predicted octanol–water partition coefficient (Wildman–Crippen LogP) is 3.80. The van der Waals surface area contributed by atoms with Crippen LogP contribution in [0.1, 0.15) is 12.8 Å². The number of thioether (sulfide) groups is 1. The molecule has 2 heterocycles. The minimum absolute atomic E-state index is 0.0377. The third-order valence-corrected chi connectivity index (χ3v) is 4.90. The van der Waals surface area contributed by atoms with Gasteiger partial charge in [-0.2, -0.15) is 13.2 Å². The molecule has 3 rings (SSSR count). The van der Waals surface area contributed by atoms with Crippen LogP contribution in [-0.4, -0.2) is 36.1 Å². The van der Waals surface area contributed by atoms with Gasteiger partial charge in [-0.25, -0.2) is 0 Å². The summed E-state index contributed by atoms with van der Waals surface area (Å²) in [5, 5.41) is 3.35. The quantitative estimate of drug-likeness (QED) is 0.855. The van der Waals surface area contributed by atoms with Gasteiger partial charge in [-0.15, -0.1) is 0 Å². The number of nitrogens with one attached hydrogen (secondary N) is 1. The molecule has 3 atom stereocenters. The number of para-hydroxylation sites is 1. The highest BCUT2D eigenvalue weighted by Gasteiger charge is 2.35. The molecule has 2 aliphatic heterocycles. The molecular formula is C14H17F3N2S. The molecule has 2 saturated heterocycles. The molecule has 1 N–H and O–H groups in total. The number of anilines is 1. The summed E-state index contributed by atoms with van der Waals surface area (Å²) in [5.41, 5.74) is -3.63. The van der Waals surface area contributed by atoms with Gasteiger partial charge in [0.15, 0.2) is 0 Å². The molecule has 2 nitrogen and oxygen atoms in total. The molecule has 0 saturated carbocycles. The normalized spacial score (nSPS) is 29.4. The van der Waals surface area contributed by atoms with Crippen molar-refractivity contribution in [2.45, 2.75) is 29.3 Å². The van der Waals surface area contributed by atoms with Crippen molar-refractivity contribution in [2.24, 2.45) is 5.92 Å². The molecule has 2 aliphatic rings. The van der Waals surface area contributed by atoms with E-state index in [1.807, 2.05) is 0 Å². The van der Waals surface area contributed by atoms with Crippen molar-refractivity contribution in [3.8, 4) is 0 Å². The standard InChI is InChI=1S/C14H17F3N2S/c15-14(16,17)20-13-4-2-1-3-12(13)18-11-6-8-19-7-5-10(11)9-19/h1-4,10-11,18H,5-9H2. The van der Waals surface area contributed by atoms with E-state index in [2.05, 4.69) is 10.2 Å². The van der Waals surface area contributed by atoms with Crippen LogP contribution in [0, 0.1) is 5.92 Å². The summed E-state index contributed by atoms with van der Waals surface area (Å²) in [7, 11) is 0. The predicted molar refractivity (Wildman–Crippen MR) is 74.9 cm³/mol. The number of hydrogen-bond donors (Lipinski definition) is 1. The molecule has 0 aliphatic carbocycles. The van der Waals surface area contributed by atoms with Gasteiger partial charge in [0.25, 0.3) is 0 Å². The van der Waals surface area contributed by atoms with Gasteiger partial charge in [0.2, 0.25) is 0 Å². The van der Waals surface area contributed by atoms with Crippen LogP contribution in [0.5, 0.6) is 0 Å². The second-order valence-corrected chi connectivity index (χ2v) is 6.54. The molecule has 0 aromatic heterocycles. The lowest BCUT2D eigenvalue weighted by molar-refractivity contribution is -0.0327. The molecule has 3 unspecified atom stereocenters. The molecule has 1 aromatic carbocycles. The maximum atomic E-state index is 12.6. The fourth-order valence-corrected chi connectivity index (χ4v) is 3.77. The Hall–Kier alpha value is -0.880. The van der Waals surface area contributed by atoms with Crippen LogP contribution in [-0.2, 0) is 0 Å². The van der Waals surface area contributed by atoms with Crippen LogP contribution >= 0.6 is 11.8 Å². The van der Waals surface area contributed by atoms with Gasteiger partial charge >= 0.3 is 5.51 Å². The first-order chi connectivity index (χ1) is 9.51. The number of halogens is 3. The van der Waals surface area contributed by atoms with Gasteiger partial charge in [-0.05, 0) is 49.2 Å². The van der Waals surface area contributed by atoms with Crippen LogP contribution in [0.3, 0.4) is 0 Å². The molecule has 110 valence electrons. The number of alkyl halides is 3. The Balaban J connectivity index is 1.73. The largest absolute Gasteiger partial charge is 0.446 e. The van der Waals surface area contributed by atoms with E-state index >= 15 is 0 Å². The summed E-state index contributed by atoms with van der Waals surface area (Å²) in [4.78, 5) is 2.69. The minimum Gasteiger partial charge on any atom is -0.381 e. The van der Waals surface area contributed by atoms with Crippen molar-refractivity contribution in [3.63, 3.8) is 0 Å². The van der Waals surface area contributed by atoms with E-state index in [0.29, 0.717) is 17.6 Å². The zero-order valence-corrected chi connectivity index (χ0v) is 11.8. The van der Waals surface area contributed by atoms with E-state index in [4.69, 9.17) is 0 Å². The minimum atomic E-state index is -4.24. The first kappa shape index (κ1) is 14.1. The number of hydrogen-bond acceptors (Lipinski definition) is 3. The summed E-state index contributed by atoms with van der Waals surface area (Å²) in [5.74, 6) is 0.563. The average Bonchev–Trinajstić information content (AvgIpc) is 2.76. The highest BCUT2D eigenvalue weighted by atomic mass is 32.2. The Morgan fingerprint density at radius 2 is 1.90 bits per heavy atom.